The molecule has 2 aromatic heterocycles. The van der Waals surface area contributed by atoms with Crippen LogP contribution in [0.2, 0.25) is 0 Å². The largest absolute Gasteiger partial charge is 0.349 e. The van der Waals surface area contributed by atoms with Gasteiger partial charge in [-0.15, -0.1) is 10.2 Å². The zero-order chi connectivity index (χ0) is 16.1. The lowest BCUT2D eigenvalue weighted by Crippen LogP contribution is -2.32. The maximum atomic E-state index is 12.5. The van der Waals surface area contributed by atoms with E-state index in [1.165, 1.54) is 32.1 Å². The predicted molar refractivity (Wildman–Crippen MR) is 89.8 cm³/mol. The Morgan fingerprint density at radius 1 is 1.30 bits per heavy atom. The predicted octanol–water partition coefficient (Wildman–Crippen LogP) is 3.34. The Bertz CT molecular complexity index is 645. The lowest BCUT2D eigenvalue weighted by molar-refractivity contribution is -0.126. The number of hydrogen-bond donors (Lipinski definition) is 1. The monoisotopic (exact) mass is 314 g/mol. The summed E-state index contributed by atoms with van der Waals surface area (Å²) in [5.41, 5.74) is 0.811. The fourth-order valence-electron chi connectivity index (χ4n) is 3.61. The Labute approximate surface area is 137 Å². The van der Waals surface area contributed by atoms with E-state index in [-0.39, 0.29) is 11.8 Å². The van der Waals surface area contributed by atoms with E-state index in [9.17, 15) is 4.79 Å². The molecule has 2 heterocycles. The second-order valence-corrected chi connectivity index (χ2v) is 6.61. The summed E-state index contributed by atoms with van der Waals surface area (Å²) in [4.78, 5) is 12.5. The van der Waals surface area contributed by atoms with Gasteiger partial charge in [0.15, 0.2) is 11.5 Å². The third-order valence-electron chi connectivity index (χ3n) is 5.01. The van der Waals surface area contributed by atoms with Crippen molar-refractivity contribution in [2.24, 2.45) is 11.8 Å². The summed E-state index contributed by atoms with van der Waals surface area (Å²) in [5, 5.41) is 11.3. The molecule has 124 valence electrons. The van der Waals surface area contributed by atoms with Crippen LogP contribution in [0, 0.1) is 11.8 Å². The van der Waals surface area contributed by atoms with Crippen molar-refractivity contribution in [3.8, 4) is 0 Å². The van der Waals surface area contributed by atoms with Gasteiger partial charge in [0, 0.05) is 12.1 Å². The van der Waals surface area contributed by atoms with Crippen molar-refractivity contribution in [1.29, 1.82) is 0 Å². The molecule has 0 bridgehead atoms. The Balaban J connectivity index is 1.56. The molecule has 1 fully saturated rings. The lowest BCUT2D eigenvalue weighted by atomic mass is 9.82. The fraction of sp³-hybridized carbons (Fsp3) is 0.611. The van der Waals surface area contributed by atoms with Crippen molar-refractivity contribution in [3.63, 3.8) is 0 Å². The number of aromatic nitrogens is 3. The zero-order valence-corrected chi connectivity index (χ0v) is 13.9. The van der Waals surface area contributed by atoms with Crippen LogP contribution >= 0.6 is 0 Å². The molecule has 1 unspecified atom stereocenters. The molecular weight excluding hydrogens is 288 g/mol. The number of hydrogen-bond acceptors (Lipinski definition) is 3. The summed E-state index contributed by atoms with van der Waals surface area (Å²) in [6.45, 7) is 2.55. The molecular formula is C18H26N4O. The van der Waals surface area contributed by atoms with E-state index in [2.05, 4.69) is 22.4 Å². The molecule has 0 radical (unpaired) electrons. The van der Waals surface area contributed by atoms with Crippen LogP contribution in [0.4, 0.5) is 0 Å². The first-order valence-corrected chi connectivity index (χ1v) is 8.84. The molecule has 0 aliphatic heterocycles. The molecule has 1 amide bonds. The maximum Gasteiger partial charge on any atom is 0.223 e. The van der Waals surface area contributed by atoms with Crippen LogP contribution in [0.5, 0.6) is 0 Å². The van der Waals surface area contributed by atoms with Gasteiger partial charge in [0.1, 0.15) is 0 Å². The van der Waals surface area contributed by atoms with E-state index in [0.29, 0.717) is 6.54 Å². The number of carbonyl (C=O) groups excluding carboxylic acids is 1. The molecule has 23 heavy (non-hydrogen) atoms. The maximum absolute atomic E-state index is 12.5. The van der Waals surface area contributed by atoms with E-state index in [4.69, 9.17) is 0 Å². The molecule has 1 saturated carbocycles. The molecule has 1 N–H and O–H groups in total. The first-order chi connectivity index (χ1) is 11.3. The minimum Gasteiger partial charge on any atom is -0.349 e. The number of rotatable bonds is 6. The van der Waals surface area contributed by atoms with Crippen molar-refractivity contribution < 1.29 is 4.79 Å². The SMILES string of the molecule is CCC(CC1CCCCC1)C(=O)NCc1nnc2ccccn12. The standard InChI is InChI=1S/C18H26N4O/c1-2-15(12-14-8-4-3-5-9-14)18(23)19-13-17-21-20-16-10-6-7-11-22(16)17/h6-7,10-11,14-15H,2-5,8-9,12-13H2,1H3,(H,19,23). The van der Waals surface area contributed by atoms with Gasteiger partial charge in [-0.05, 0) is 30.9 Å². The highest BCUT2D eigenvalue weighted by atomic mass is 16.1. The van der Waals surface area contributed by atoms with Crippen LogP contribution in [-0.4, -0.2) is 20.5 Å². The summed E-state index contributed by atoms with van der Waals surface area (Å²) in [6.07, 6.45) is 10.5. The summed E-state index contributed by atoms with van der Waals surface area (Å²) in [6, 6.07) is 5.79. The molecule has 1 aliphatic carbocycles. The zero-order valence-electron chi connectivity index (χ0n) is 13.9. The quantitative estimate of drug-likeness (QED) is 0.889. The Morgan fingerprint density at radius 2 is 2.13 bits per heavy atom. The van der Waals surface area contributed by atoms with Crippen LogP contribution in [0.3, 0.4) is 0 Å². The third-order valence-corrected chi connectivity index (χ3v) is 5.01. The molecule has 5 nitrogen and oxygen atoms in total. The van der Waals surface area contributed by atoms with Gasteiger partial charge in [0.2, 0.25) is 5.91 Å². The Kier molecular flexibility index (Phi) is 5.26. The van der Waals surface area contributed by atoms with Gasteiger partial charge >= 0.3 is 0 Å². The molecule has 2 aromatic rings. The first-order valence-electron chi connectivity index (χ1n) is 8.84. The number of carbonyl (C=O) groups is 1. The number of nitrogens with one attached hydrogen (secondary N) is 1. The highest BCUT2D eigenvalue weighted by Crippen LogP contribution is 2.30. The molecule has 3 rings (SSSR count). The third kappa shape index (κ3) is 3.89. The normalized spacial score (nSPS) is 17.3. The average Bonchev–Trinajstić information content (AvgIpc) is 3.01. The van der Waals surface area contributed by atoms with Crippen molar-refractivity contribution in [2.45, 2.75) is 58.4 Å². The van der Waals surface area contributed by atoms with Crippen molar-refractivity contribution in [1.82, 2.24) is 19.9 Å². The van der Waals surface area contributed by atoms with Crippen LogP contribution < -0.4 is 5.32 Å². The molecule has 0 saturated heterocycles. The van der Waals surface area contributed by atoms with Gasteiger partial charge in [0.25, 0.3) is 0 Å². The molecule has 1 aliphatic rings. The molecule has 5 heteroatoms. The minimum absolute atomic E-state index is 0.122. The van der Waals surface area contributed by atoms with Gasteiger partial charge in [0.05, 0.1) is 6.54 Å². The van der Waals surface area contributed by atoms with Gasteiger partial charge in [-0.2, -0.15) is 0 Å². The van der Waals surface area contributed by atoms with E-state index < -0.39 is 0 Å². The summed E-state index contributed by atoms with van der Waals surface area (Å²) >= 11 is 0. The second kappa shape index (κ2) is 7.57. The van der Waals surface area contributed by atoms with Crippen LogP contribution in [0.15, 0.2) is 24.4 Å². The van der Waals surface area contributed by atoms with E-state index in [1.54, 1.807) is 0 Å². The van der Waals surface area contributed by atoms with Gasteiger partial charge < -0.3 is 5.32 Å². The van der Waals surface area contributed by atoms with E-state index in [0.717, 1.165) is 30.2 Å². The first kappa shape index (κ1) is 16.0. The summed E-state index contributed by atoms with van der Waals surface area (Å²) in [5.74, 6) is 1.79. The average molecular weight is 314 g/mol. The van der Waals surface area contributed by atoms with Crippen LogP contribution in [-0.2, 0) is 11.3 Å². The topological polar surface area (TPSA) is 59.3 Å². The highest BCUT2D eigenvalue weighted by Gasteiger charge is 2.23. The Morgan fingerprint density at radius 3 is 2.91 bits per heavy atom. The Hall–Kier alpha value is -1.91. The number of fused-ring (bicyclic) bond motifs is 1. The van der Waals surface area contributed by atoms with E-state index in [1.807, 2.05) is 28.8 Å². The molecule has 0 aromatic carbocycles. The lowest BCUT2D eigenvalue weighted by Gasteiger charge is -2.25. The van der Waals surface area contributed by atoms with Crippen molar-refractivity contribution in [3.05, 3.63) is 30.2 Å². The molecule has 0 spiro atoms. The summed E-state index contributed by atoms with van der Waals surface area (Å²) < 4.78 is 1.92. The van der Waals surface area contributed by atoms with E-state index >= 15 is 0 Å². The second-order valence-electron chi connectivity index (χ2n) is 6.61. The fourth-order valence-corrected chi connectivity index (χ4v) is 3.61. The minimum atomic E-state index is 0.122. The van der Waals surface area contributed by atoms with Crippen LogP contribution in [0.25, 0.3) is 5.65 Å². The van der Waals surface area contributed by atoms with Gasteiger partial charge in [-0.3, -0.25) is 9.20 Å². The van der Waals surface area contributed by atoms with Crippen molar-refractivity contribution >= 4 is 11.6 Å². The van der Waals surface area contributed by atoms with Crippen LogP contribution in [0.1, 0.15) is 57.7 Å². The number of amides is 1. The van der Waals surface area contributed by atoms with Crippen molar-refractivity contribution in [2.75, 3.05) is 0 Å². The van der Waals surface area contributed by atoms with Gasteiger partial charge in [-0.1, -0.05) is 45.1 Å². The molecule has 1 atom stereocenters. The smallest absolute Gasteiger partial charge is 0.223 e. The summed E-state index contributed by atoms with van der Waals surface area (Å²) in [7, 11) is 0. The highest BCUT2D eigenvalue weighted by molar-refractivity contribution is 5.78. The number of nitrogens with zero attached hydrogens (tertiary/aromatic N) is 3. The number of pyridine rings is 1. The van der Waals surface area contributed by atoms with Gasteiger partial charge in [-0.25, -0.2) is 0 Å².